The lowest BCUT2D eigenvalue weighted by atomic mass is 9.97. The SMILES string of the molecule is CO[C@H]1O[C@H]2CO[C@H](c3ccccc3)O[C@@H]2[C@@H](OC(=O)c2ccccc2)[C@@H]1OC(=O)c1ccccc1. The number of ether oxygens (including phenoxy) is 6. The summed E-state index contributed by atoms with van der Waals surface area (Å²) in [6, 6.07) is 26.5. The average Bonchev–Trinajstić information content (AvgIpc) is 2.95. The van der Waals surface area contributed by atoms with Crippen molar-refractivity contribution in [3.8, 4) is 0 Å². The zero-order chi connectivity index (χ0) is 24.9. The summed E-state index contributed by atoms with van der Waals surface area (Å²) >= 11 is 0. The fourth-order valence-electron chi connectivity index (χ4n) is 4.31. The Labute approximate surface area is 208 Å². The highest BCUT2D eigenvalue weighted by molar-refractivity contribution is 5.90. The molecule has 5 rings (SSSR count). The third kappa shape index (κ3) is 5.17. The summed E-state index contributed by atoms with van der Waals surface area (Å²) in [5.41, 5.74) is 1.50. The molecule has 0 amide bonds. The van der Waals surface area contributed by atoms with Crippen LogP contribution in [0.3, 0.4) is 0 Å². The summed E-state index contributed by atoms with van der Waals surface area (Å²) in [6.07, 6.45) is -5.23. The molecule has 0 bridgehead atoms. The first-order valence-corrected chi connectivity index (χ1v) is 11.7. The van der Waals surface area contributed by atoms with Gasteiger partial charge in [-0.05, 0) is 24.3 Å². The van der Waals surface area contributed by atoms with Gasteiger partial charge in [0, 0.05) is 12.7 Å². The molecule has 0 saturated carbocycles. The van der Waals surface area contributed by atoms with E-state index in [1.807, 2.05) is 30.3 Å². The fourth-order valence-corrected chi connectivity index (χ4v) is 4.31. The topological polar surface area (TPSA) is 89.5 Å². The molecule has 186 valence electrons. The first-order chi connectivity index (χ1) is 17.6. The van der Waals surface area contributed by atoms with Gasteiger partial charge in [0.15, 0.2) is 24.8 Å². The van der Waals surface area contributed by atoms with Crippen LogP contribution in [-0.2, 0) is 28.4 Å². The third-order valence-corrected chi connectivity index (χ3v) is 6.09. The minimum Gasteiger partial charge on any atom is -0.452 e. The number of rotatable bonds is 6. The molecule has 0 radical (unpaired) electrons. The van der Waals surface area contributed by atoms with Gasteiger partial charge < -0.3 is 28.4 Å². The minimum atomic E-state index is -1.09. The molecular weight excluding hydrogens is 464 g/mol. The zero-order valence-corrected chi connectivity index (χ0v) is 19.6. The lowest BCUT2D eigenvalue weighted by Gasteiger charge is -2.47. The molecule has 0 aromatic heterocycles. The Kier molecular flexibility index (Phi) is 7.39. The van der Waals surface area contributed by atoms with E-state index in [-0.39, 0.29) is 6.61 Å². The Hall–Kier alpha value is -3.56. The second-order valence-corrected chi connectivity index (χ2v) is 8.43. The summed E-state index contributed by atoms with van der Waals surface area (Å²) in [7, 11) is 1.43. The Morgan fingerprint density at radius 1 is 0.722 bits per heavy atom. The Balaban J connectivity index is 1.46. The van der Waals surface area contributed by atoms with Crippen LogP contribution in [-0.4, -0.2) is 56.4 Å². The van der Waals surface area contributed by atoms with E-state index in [0.29, 0.717) is 11.1 Å². The van der Waals surface area contributed by atoms with Crippen molar-refractivity contribution >= 4 is 11.9 Å². The van der Waals surface area contributed by atoms with Crippen molar-refractivity contribution in [1.29, 1.82) is 0 Å². The molecule has 36 heavy (non-hydrogen) atoms. The standard InChI is InChI=1S/C28H26O8/c1-31-28-24(35-26(30)19-13-7-3-8-14-19)23(34-25(29)18-11-5-2-6-12-18)22-21(33-28)17-32-27(36-22)20-15-9-4-10-16-20/h2-16,21-24,27-28H,17H2,1H3/t21-,22-,23+,24-,27-,28-/m0/s1. The van der Waals surface area contributed by atoms with Crippen LogP contribution in [0.25, 0.3) is 0 Å². The van der Waals surface area contributed by atoms with E-state index < -0.39 is 48.9 Å². The second-order valence-electron chi connectivity index (χ2n) is 8.43. The highest BCUT2D eigenvalue weighted by atomic mass is 16.8. The molecular formula is C28H26O8. The molecule has 8 heteroatoms. The maximum Gasteiger partial charge on any atom is 0.338 e. The Bertz CT molecular complexity index is 1150. The van der Waals surface area contributed by atoms with Gasteiger partial charge >= 0.3 is 11.9 Å². The van der Waals surface area contributed by atoms with Crippen molar-refractivity contribution in [3.63, 3.8) is 0 Å². The molecule has 3 aromatic carbocycles. The first-order valence-electron chi connectivity index (χ1n) is 11.7. The highest BCUT2D eigenvalue weighted by Crippen LogP contribution is 2.37. The van der Waals surface area contributed by atoms with E-state index in [9.17, 15) is 9.59 Å². The van der Waals surface area contributed by atoms with Gasteiger partial charge in [-0.2, -0.15) is 0 Å². The van der Waals surface area contributed by atoms with Crippen molar-refractivity contribution in [3.05, 3.63) is 108 Å². The van der Waals surface area contributed by atoms with Crippen LogP contribution in [0.15, 0.2) is 91.0 Å². The fraction of sp³-hybridized carbons (Fsp3) is 0.286. The number of hydrogen-bond acceptors (Lipinski definition) is 8. The van der Waals surface area contributed by atoms with Crippen LogP contribution in [0.5, 0.6) is 0 Å². The van der Waals surface area contributed by atoms with E-state index in [0.717, 1.165) is 5.56 Å². The van der Waals surface area contributed by atoms with Crippen LogP contribution < -0.4 is 0 Å². The Morgan fingerprint density at radius 3 is 1.81 bits per heavy atom. The second kappa shape index (κ2) is 11.0. The molecule has 2 fully saturated rings. The lowest BCUT2D eigenvalue weighted by Crippen LogP contribution is -2.64. The molecule has 2 saturated heterocycles. The number of carbonyl (C=O) groups excluding carboxylic acids is 2. The largest absolute Gasteiger partial charge is 0.452 e. The number of esters is 2. The quantitative estimate of drug-likeness (QED) is 0.481. The molecule has 0 aliphatic carbocycles. The maximum absolute atomic E-state index is 13.1. The van der Waals surface area contributed by atoms with Gasteiger partial charge in [-0.3, -0.25) is 0 Å². The van der Waals surface area contributed by atoms with Gasteiger partial charge in [0.1, 0.15) is 12.2 Å². The summed E-state index contributed by atoms with van der Waals surface area (Å²) in [5.74, 6) is -1.18. The average molecular weight is 491 g/mol. The molecule has 3 aromatic rings. The summed E-state index contributed by atoms with van der Waals surface area (Å²) in [5, 5.41) is 0. The summed E-state index contributed by atoms with van der Waals surface area (Å²) in [6.45, 7) is 0.169. The predicted octanol–water partition coefficient (Wildman–Crippen LogP) is 3.92. The van der Waals surface area contributed by atoms with Gasteiger partial charge in [0.2, 0.25) is 0 Å². The molecule has 2 aliphatic rings. The van der Waals surface area contributed by atoms with Crippen LogP contribution in [0.1, 0.15) is 32.6 Å². The maximum atomic E-state index is 13.1. The summed E-state index contributed by atoms with van der Waals surface area (Å²) in [4.78, 5) is 26.1. The van der Waals surface area contributed by atoms with Gasteiger partial charge in [-0.25, -0.2) is 9.59 Å². The predicted molar refractivity (Wildman–Crippen MR) is 127 cm³/mol. The normalized spacial score (nSPS) is 27.5. The highest BCUT2D eigenvalue weighted by Gasteiger charge is 2.54. The van der Waals surface area contributed by atoms with Crippen molar-refractivity contribution in [2.75, 3.05) is 13.7 Å². The van der Waals surface area contributed by atoms with Gasteiger partial charge in [0.05, 0.1) is 17.7 Å². The zero-order valence-electron chi connectivity index (χ0n) is 19.6. The van der Waals surface area contributed by atoms with Gasteiger partial charge in [-0.1, -0.05) is 66.7 Å². The van der Waals surface area contributed by atoms with Crippen LogP contribution in [0.4, 0.5) is 0 Å². The number of fused-ring (bicyclic) bond motifs is 1. The van der Waals surface area contributed by atoms with Gasteiger partial charge in [-0.15, -0.1) is 0 Å². The number of methoxy groups -OCH3 is 1. The van der Waals surface area contributed by atoms with E-state index >= 15 is 0 Å². The van der Waals surface area contributed by atoms with Crippen molar-refractivity contribution in [2.24, 2.45) is 0 Å². The van der Waals surface area contributed by atoms with E-state index in [1.165, 1.54) is 7.11 Å². The Morgan fingerprint density at radius 2 is 1.25 bits per heavy atom. The molecule has 0 N–H and O–H groups in total. The third-order valence-electron chi connectivity index (χ3n) is 6.09. The van der Waals surface area contributed by atoms with Crippen molar-refractivity contribution in [2.45, 2.75) is 37.0 Å². The molecule has 8 nitrogen and oxygen atoms in total. The number of benzene rings is 3. The molecule has 2 heterocycles. The molecule has 0 unspecified atom stereocenters. The minimum absolute atomic E-state index is 0.169. The van der Waals surface area contributed by atoms with Crippen LogP contribution in [0, 0.1) is 0 Å². The van der Waals surface area contributed by atoms with Crippen LogP contribution in [0.2, 0.25) is 0 Å². The van der Waals surface area contributed by atoms with Crippen molar-refractivity contribution in [1.82, 2.24) is 0 Å². The van der Waals surface area contributed by atoms with E-state index in [4.69, 9.17) is 28.4 Å². The number of carbonyl (C=O) groups is 2. The molecule has 2 aliphatic heterocycles. The van der Waals surface area contributed by atoms with Crippen LogP contribution >= 0.6 is 0 Å². The molecule has 6 atom stereocenters. The van der Waals surface area contributed by atoms with Gasteiger partial charge in [0.25, 0.3) is 0 Å². The monoisotopic (exact) mass is 490 g/mol. The lowest BCUT2D eigenvalue weighted by molar-refractivity contribution is -0.356. The summed E-state index contributed by atoms with van der Waals surface area (Å²) < 4.78 is 35.5. The van der Waals surface area contributed by atoms with E-state index in [2.05, 4.69) is 0 Å². The molecule has 0 spiro atoms. The van der Waals surface area contributed by atoms with E-state index in [1.54, 1.807) is 60.7 Å². The first kappa shape index (κ1) is 24.1. The smallest absolute Gasteiger partial charge is 0.338 e. The van der Waals surface area contributed by atoms with Crippen molar-refractivity contribution < 1.29 is 38.0 Å². The number of hydrogen-bond donors (Lipinski definition) is 0.